The van der Waals surface area contributed by atoms with Gasteiger partial charge in [-0.05, 0) is 13.3 Å². The molecule has 0 fully saturated rings. The number of ether oxygens (including phenoxy) is 1. The highest BCUT2D eigenvalue weighted by molar-refractivity contribution is 7.40. The molecule has 0 rings (SSSR count). The molecule has 7 heteroatoms. The SMILES string of the molecule is CCCCCCCCCCCCCCCCCCCOCC(COP(O)OCC[N+](C)(C)C)CC(C)=O. The van der Waals surface area contributed by atoms with E-state index in [2.05, 4.69) is 28.1 Å². The van der Waals surface area contributed by atoms with E-state index in [0.717, 1.165) is 24.1 Å². The highest BCUT2D eigenvalue weighted by Crippen LogP contribution is 2.33. The van der Waals surface area contributed by atoms with Gasteiger partial charge in [0.05, 0.1) is 34.4 Å². The molecule has 0 saturated carbocycles. The third kappa shape index (κ3) is 30.3. The second-order valence-corrected chi connectivity index (χ2v) is 12.9. The second kappa shape index (κ2) is 26.1. The predicted molar refractivity (Wildman–Crippen MR) is 158 cm³/mol. The molecule has 222 valence electrons. The van der Waals surface area contributed by atoms with Crippen molar-refractivity contribution in [1.29, 1.82) is 0 Å². The molecule has 0 amide bonds. The molecule has 0 aromatic carbocycles. The molecule has 0 aliphatic heterocycles. The Morgan fingerprint density at radius 2 is 1.16 bits per heavy atom. The monoisotopic (exact) mass is 548 g/mol. The number of quaternary nitrogens is 1. The first-order chi connectivity index (χ1) is 17.7. The molecule has 2 atom stereocenters. The topological polar surface area (TPSA) is 65.0 Å². The number of ketones is 1. The van der Waals surface area contributed by atoms with E-state index in [0.29, 0.717) is 19.6 Å². The van der Waals surface area contributed by atoms with E-state index in [-0.39, 0.29) is 18.3 Å². The number of carbonyl (C=O) groups is 1. The second-order valence-electron chi connectivity index (χ2n) is 11.9. The first kappa shape index (κ1) is 36.9. The zero-order valence-corrected chi connectivity index (χ0v) is 26.2. The Bertz CT molecular complexity index is 501. The maximum absolute atomic E-state index is 11.6. The van der Waals surface area contributed by atoms with Crippen molar-refractivity contribution in [2.24, 2.45) is 5.92 Å². The Kier molecular flexibility index (Phi) is 26.1. The summed E-state index contributed by atoms with van der Waals surface area (Å²) >= 11 is 0. The van der Waals surface area contributed by atoms with Crippen LogP contribution in [0.5, 0.6) is 0 Å². The smallest absolute Gasteiger partial charge is 0.330 e. The molecule has 0 aliphatic rings. The van der Waals surface area contributed by atoms with Gasteiger partial charge in [0.1, 0.15) is 18.9 Å². The van der Waals surface area contributed by atoms with Crippen LogP contribution in [-0.4, -0.2) is 69.3 Å². The van der Waals surface area contributed by atoms with Crippen LogP contribution in [0.25, 0.3) is 0 Å². The fraction of sp³-hybridized carbons (Fsp3) is 0.967. The average Bonchev–Trinajstić information content (AvgIpc) is 2.82. The lowest BCUT2D eigenvalue weighted by molar-refractivity contribution is -0.870. The van der Waals surface area contributed by atoms with E-state index in [1.165, 1.54) is 103 Å². The predicted octanol–water partition coefficient (Wildman–Crippen LogP) is 8.21. The number of likely N-dealkylation sites (N-methyl/N-ethyl adjacent to an activating group) is 1. The summed E-state index contributed by atoms with van der Waals surface area (Å²) in [5.74, 6) is 0.0747. The van der Waals surface area contributed by atoms with E-state index in [1.807, 2.05) is 0 Å². The molecule has 0 radical (unpaired) electrons. The summed E-state index contributed by atoms with van der Waals surface area (Å²) in [5, 5.41) is 0. The lowest BCUT2D eigenvalue weighted by Crippen LogP contribution is -2.37. The van der Waals surface area contributed by atoms with Crippen LogP contribution in [0, 0.1) is 5.92 Å². The maximum Gasteiger partial charge on any atom is 0.330 e. The van der Waals surface area contributed by atoms with E-state index in [9.17, 15) is 9.69 Å². The zero-order valence-electron chi connectivity index (χ0n) is 25.3. The van der Waals surface area contributed by atoms with Crippen molar-refractivity contribution >= 4 is 14.4 Å². The third-order valence-corrected chi connectivity index (χ3v) is 7.48. The summed E-state index contributed by atoms with van der Waals surface area (Å²) in [4.78, 5) is 21.5. The quantitative estimate of drug-likeness (QED) is 0.0580. The normalized spacial score (nSPS) is 13.7. The molecule has 0 aromatic heterocycles. The molecular formula is C30H63NO5P+. The molecule has 2 unspecified atom stereocenters. The van der Waals surface area contributed by atoms with Crippen molar-refractivity contribution in [2.45, 2.75) is 129 Å². The molecule has 0 heterocycles. The van der Waals surface area contributed by atoms with Crippen molar-refractivity contribution in [3.63, 3.8) is 0 Å². The van der Waals surface area contributed by atoms with Crippen LogP contribution >= 0.6 is 8.60 Å². The largest absolute Gasteiger partial charge is 0.381 e. The van der Waals surface area contributed by atoms with Gasteiger partial charge in [0.15, 0.2) is 0 Å². The molecule has 0 aromatic rings. The molecule has 6 nitrogen and oxygen atoms in total. The van der Waals surface area contributed by atoms with Gasteiger partial charge in [-0.25, -0.2) is 0 Å². The lowest BCUT2D eigenvalue weighted by atomic mass is 10.0. The molecule has 0 aliphatic carbocycles. The number of nitrogens with zero attached hydrogens (tertiary/aromatic N) is 1. The summed E-state index contributed by atoms with van der Waals surface area (Å²) in [6.07, 6.45) is 23.6. The summed E-state index contributed by atoms with van der Waals surface area (Å²) in [7, 11) is 4.31. The Morgan fingerprint density at radius 1 is 0.703 bits per heavy atom. The molecular weight excluding hydrogens is 485 g/mol. The molecule has 0 bridgehead atoms. The summed E-state index contributed by atoms with van der Waals surface area (Å²) < 4.78 is 17.4. The Labute approximate surface area is 231 Å². The standard InChI is InChI=1S/C30H63NO5P/c1-6-7-8-9-10-11-12-13-14-15-16-17-18-19-20-21-22-24-34-27-30(26-29(2)32)28-36-37(33)35-25-23-31(3,4)5/h30,33H,6-28H2,1-5H3/q+1. The number of rotatable bonds is 29. The van der Waals surface area contributed by atoms with E-state index >= 15 is 0 Å². The van der Waals surface area contributed by atoms with Crippen LogP contribution in [0.4, 0.5) is 0 Å². The van der Waals surface area contributed by atoms with Crippen molar-refractivity contribution < 1.29 is 28.0 Å². The van der Waals surface area contributed by atoms with Gasteiger partial charge in [-0.15, -0.1) is 0 Å². The molecule has 0 spiro atoms. The van der Waals surface area contributed by atoms with Gasteiger partial charge >= 0.3 is 8.60 Å². The number of Topliss-reactive ketones (excluding diaryl/α,β-unsaturated/α-hetero) is 1. The fourth-order valence-electron chi connectivity index (χ4n) is 4.35. The molecule has 37 heavy (non-hydrogen) atoms. The van der Waals surface area contributed by atoms with Gasteiger partial charge in [-0.3, -0.25) is 0 Å². The van der Waals surface area contributed by atoms with Crippen LogP contribution < -0.4 is 0 Å². The van der Waals surface area contributed by atoms with Crippen molar-refractivity contribution in [3.05, 3.63) is 0 Å². The minimum Gasteiger partial charge on any atom is -0.381 e. The van der Waals surface area contributed by atoms with Gasteiger partial charge in [0.25, 0.3) is 0 Å². The minimum absolute atomic E-state index is 0.0394. The number of hydrogen-bond acceptors (Lipinski definition) is 5. The fourth-order valence-corrected chi connectivity index (χ4v) is 5.00. The van der Waals surface area contributed by atoms with E-state index < -0.39 is 8.60 Å². The van der Waals surface area contributed by atoms with Crippen LogP contribution in [0.15, 0.2) is 0 Å². The minimum atomic E-state index is -1.91. The number of carbonyl (C=O) groups excluding carboxylic acids is 1. The Hall–Kier alpha value is -0.100. The highest BCUT2D eigenvalue weighted by Gasteiger charge is 2.17. The van der Waals surface area contributed by atoms with Crippen LogP contribution in [0.3, 0.4) is 0 Å². The van der Waals surface area contributed by atoms with Crippen LogP contribution in [0.1, 0.15) is 129 Å². The van der Waals surface area contributed by atoms with Crippen molar-refractivity contribution in [1.82, 2.24) is 0 Å². The lowest BCUT2D eigenvalue weighted by Gasteiger charge is -2.24. The molecule has 1 N–H and O–H groups in total. The number of unbranched alkanes of at least 4 members (excludes halogenated alkanes) is 16. The first-order valence-corrected chi connectivity index (χ1v) is 16.5. The van der Waals surface area contributed by atoms with Crippen LogP contribution in [0.2, 0.25) is 0 Å². The first-order valence-electron chi connectivity index (χ1n) is 15.4. The van der Waals surface area contributed by atoms with Gasteiger partial charge in [-0.2, -0.15) is 0 Å². The zero-order chi connectivity index (χ0) is 27.6. The number of hydrogen-bond donors (Lipinski definition) is 1. The van der Waals surface area contributed by atoms with Crippen molar-refractivity contribution in [2.75, 3.05) is 54.1 Å². The third-order valence-electron chi connectivity index (χ3n) is 6.71. The van der Waals surface area contributed by atoms with Crippen LogP contribution in [-0.2, 0) is 18.6 Å². The van der Waals surface area contributed by atoms with E-state index in [1.54, 1.807) is 6.92 Å². The Balaban J connectivity index is 3.56. The van der Waals surface area contributed by atoms with Gasteiger partial charge in [-0.1, -0.05) is 110 Å². The maximum atomic E-state index is 11.6. The van der Waals surface area contributed by atoms with Gasteiger partial charge in [0, 0.05) is 18.9 Å². The Morgan fingerprint density at radius 3 is 1.59 bits per heavy atom. The highest BCUT2D eigenvalue weighted by atomic mass is 31.2. The van der Waals surface area contributed by atoms with E-state index in [4.69, 9.17) is 13.8 Å². The summed E-state index contributed by atoms with van der Waals surface area (Å²) in [6, 6.07) is 0. The summed E-state index contributed by atoms with van der Waals surface area (Å²) in [6.45, 7) is 6.60. The summed E-state index contributed by atoms with van der Waals surface area (Å²) in [5.41, 5.74) is 0. The van der Waals surface area contributed by atoms with Gasteiger partial charge in [0.2, 0.25) is 0 Å². The van der Waals surface area contributed by atoms with Gasteiger partial charge < -0.3 is 28.0 Å². The molecule has 0 saturated heterocycles. The average molecular weight is 549 g/mol. The van der Waals surface area contributed by atoms with Crippen molar-refractivity contribution in [3.8, 4) is 0 Å².